The second-order valence-corrected chi connectivity index (χ2v) is 10.9. The van der Waals surface area contributed by atoms with Gasteiger partial charge in [-0.25, -0.2) is 8.42 Å². The van der Waals surface area contributed by atoms with E-state index in [9.17, 15) is 18.0 Å². The first kappa shape index (κ1) is 24.5. The van der Waals surface area contributed by atoms with Gasteiger partial charge in [-0.3, -0.25) is 9.59 Å². The van der Waals surface area contributed by atoms with Gasteiger partial charge in [-0.15, -0.1) is 0 Å². The maximum atomic E-state index is 13.6. The number of carbonyl (C=O) groups excluding carboxylic acids is 2. The number of nitrogens with one attached hydrogen (secondary N) is 1. The Kier molecular flexibility index (Phi) is 6.46. The van der Waals surface area contributed by atoms with Gasteiger partial charge in [0, 0.05) is 13.1 Å². The van der Waals surface area contributed by atoms with Gasteiger partial charge in [-0.05, 0) is 85.7 Å². The van der Waals surface area contributed by atoms with E-state index in [1.54, 1.807) is 38.0 Å². The number of fused-ring (bicyclic) bond motifs is 1. The number of aryl methyl sites for hydroxylation is 3. The third-order valence-electron chi connectivity index (χ3n) is 6.36. The molecule has 0 bridgehead atoms. The zero-order chi connectivity index (χ0) is 25.5. The summed E-state index contributed by atoms with van der Waals surface area (Å²) in [6.45, 7) is 5.95. The second-order valence-electron chi connectivity index (χ2n) is 8.99. The van der Waals surface area contributed by atoms with E-state index in [1.165, 1.54) is 6.92 Å². The van der Waals surface area contributed by atoms with Crippen molar-refractivity contribution in [2.45, 2.75) is 49.9 Å². The minimum atomic E-state index is -4.12. The van der Waals surface area contributed by atoms with Gasteiger partial charge in [-0.2, -0.15) is 0 Å². The van der Waals surface area contributed by atoms with Crippen LogP contribution in [0.15, 0.2) is 46.2 Å². The smallest absolute Gasteiger partial charge is 0.270 e. The normalized spacial score (nSPS) is 13.8. The topological polar surface area (TPSA) is 123 Å². The molecule has 1 aliphatic rings. The molecule has 9 heteroatoms. The van der Waals surface area contributed by atoms with Gasteiger partial charge in [0.2, 0.25) is 9.84 Å². The van der Waals surface area contributed by atoms with Gasteiger partial charge in [0.15, 0.2) is 0 Å². The number of hydrogen-bond acceptors (Lipinski definition) is 5. The van der Waals surface area contributed by atoms with E-state index < -0.39 is 15.7 Å². The van der Waals surface area contributed by atoms with Crippen LogP contribution in [0.1, 0.15) is 55.2 Å². The quantitative estimate of drug-likeness (QED) is 0.561. The van der Waals surface area contributed by atoms with Crippen LogP contribution in [0.25, 0.3) is 0 Å². The van der Waals surface area contributed by atoms with Crippen molar-refractivity contribution in [3.63, 3.8) is 0 Å². The first-order valence-corrected chi connectivity index (χ1v) is 12.8. The molecule has 3 N–H and O–H groups in total. The number of aromatic nitrogens is 1. The number of H-pyrrole nitrogens is 1. The van der Waals surface area contributed by atoms with Gasteiger partial charge >= 0.3 is 0 Å². The lowest BCUT2D eigenvalue weighted by Gasteiger charge is -2.21. The highest BCUT2D eigenvalue weighted by atomic mass is 32.2. The predicted molar refractivity (Wildman–Crippen MR) is 131 cm³/mol. The number of aromatic amines is 1. The Balaban J connectivity index is 1.78. The standard InChI is InChI=1S/C26H29N3O5S/c1-15-10-16(2)12-21(11-15)35(32,33)24-17(3)22(28-23(24)25(27)30)26(31)29-9-5-6-18-7-8-20(34-4)13-19(18)14-29/h7-8,10-13,28H,5-6,9,14H2,1-4H3,(H2,27,30). The Morgan fingerprint density at radius 3 is 2.31 bits per heavy atom. The molecule has 2 heterocycles. The van der Waals surface area contributed by atoms with E-state index >= 15 is 0 Å². The summed E-state index contributed by atoms with van der Waals surface area (Å²) in [5.41, 5.74) is 9.15. The summed E-state index contributed by atoms with van der Waals surface area (Å²) in [4.78, 5) is 30.1. The zero-order valence-corrected chi connectivity index (χ0v) is 21.1. The Hall–Kier alpha value is -3.59. The van der Waals surface area contributed by atoms with Crippen molar-refractivity contribution in [3.8, 4) is 5.75 Å². The average molecular weight is 496 g/mol. The molecule has 1 aliphatic heterocycles. The summed E-state index contributed by atoms with van der Waals surface area (Å²) < 4.78 is 32.6. The molecular weight excluding hydrogens is 466 g/mol. The number of rotatable bonds is 5. The third kappa shape index (κ3) is 4.55. The zero-order valence-electron chi connectivity index (χ0n) is 20.3. The van der Waals surface area contributed by atoms with Crippen LogP contribution in [0, 0.1) is 20.8 Å². The average Bonchev–Trinajstić information content (AvgIpc) is 3.02. The molecule has 0 fully saturated rings. The van der Waals surface area contributed by atoms with Gasteiger partial charge in [0.05, 0.1) is 12.0 Å². The largest absolute Gasteiger partial charge is 0.497 e. The fourth-order valence-electron chi connectivity index (χ4n) is 4.70. The number of methoxy groups -OCH3 is 1. The van der Waals surface area contributed by atoms with Crippen LogP contribution >= 0.6 is 0 Å². The Bertz CT molecular complexity index is 1420. The molecule has 0 aliphatic carbocycles. The minimum absolute atomic E-state index is 0.0492. The summed E-state index contributed by atoms with van der Waals surface area (Å²) in [5, 5.41) is 0. The van der Waals surface area contributed by atoms with Gasteiger partial charge < -0.3 is 20.4 Å². The molecule has 0 unspecified atom stereocenters. The molecule has 8 nitrogen and oxygen atoms in total. The molecule has 0 atom stereocenters. The number of nitrogens with zero attached hydrogens (tertiary/aromatic N) is 1. The molecule has 1 aromatic heterocycles. The first-order valence-electron chi connectivity index (χ1n) is 11.3. The number of hydrogen-bond donors (Lipinski definition) is 2. The predicted octanol–water partition coefficient (Wildman–Crippen LogP) is 3.47. The van der Waals surface area contributed by atoms with Gasteiger partial charge in [0.1, 0.15) is 22.0 Å². The highest BCUT2D eigenvalue weighted by molar-refractivity contribution is 7.91. The summed E-state index contributed by atoms with van der Waals surface area (Å²) in [6, 6.07) is 10.8. The number of benzene rings is 2. The molecule has 4 rings (SSSR count). The van der Waals surface area contributed by atoms with Crippen molar-refractivity contribution in [3.05, 3.63) is 75.6 Å². The fourth-order valence-corrected chi connectivity index (χ4v) is 6.55. The number of primary amides is 1. The maximum Gasteiger partial charge on any atom is 0.270 e. The van der Waals surface area contributed by atoms with Crippen molar-refractivity contribution >= 4 is 21.7 Å². The van der Waals surface area contributed by atoms with Crippen LogP contribution in [0.4, 0.5) is 0 Å². The molecule has 2 amide bonds. The number of nitrogens with two attached hydrogens (primary N) is 1. The molecule has 2 aromatic carbocycles. The minimum Gasteiger partial charge on any atom is -0.497 e. The van der Waals surface area contributed by atoms with Crippen LogP contribution in [0.3, 0.4) is 0 Å². The molecule has 0 saturated carbocycles. The molecule has 184 valence electrons. The summed E-state index contributed by atoms with van der Waals surface area (Å²) in [6.07, 6.45) is 1.56. The van der Waals surface area contributed by atoms with Gasteiger partial charge in [-0.1, -0.05) is 12.1 Å². The monoisotopic (exact) mass is 495 g/mol. The van der Waals surface area contributed by atoms with E-state index in [-0.39, 0.29) is 32.6 Å². The molecule has 3 aromatic rings. The van der Waals surface area contributed by atoms with Crippen LogP contribution in [0.2, 0.25) is 0 Å². The van der Waals surface area contributed by atoms with Crippen LogP contribution in [-0.2, 0) is 22.8 Å². The number of amides is 2. The lowest BCUT2D eigenvalue weighted by molar-refractivity contribution is 0.0739. The Morgan fingerprint density at radius 1 is 1.00 bits per heavy atom. The van der Waals surface area contributed by atoms with Crippen molar-refractivity contribution in [1.82, 2.24) is 9.88 Å². The lowest BCUT2D eigenvalue weighted by Crippen LogP contribution is -2.31. The van der Waals surface area contributed by atoms with Gasteiger partial charge in [0.25, 0.3) is 11.8 Å². The van der Waals surface area contributed by atoms with Crippen LogP contribution in [0.5, 0.6) is 5.75 Å². The van der Waals surface area contributed by atoms with Crippen molar-refractivity contribution in [2.75, 3.05) is 13.7 Å². The van der Waals surface area contributed by atoms with E-state index in [1.807, 2.05) is 24.3 Å². The van der Waals surface area contributed by atoms with E-state index in [0.29, 0.717) is 18.8 Å². The Morgan fingerprint density at radius 2 is 1.69 bits per heavy atom. The second kappa shape index (κ2) is 9.22. The summed E-state index contributed by atoms with van der Waals surface area (Å²) >= 11 is 0. The summed E-state index contributed by atoms with van der Waals surface area (Å²) in [7, 11) is -2.53. The van der Waals surface area contributed by atoms with Crippen LogP contribution < -0.4 is 10.5 Å². The Labute approximate surface area is 205 Å². The molecule has 0 spiro atoms. The highest BCUT2D eigenvalue weighted by Crippen LogP contribution is 2.32. The number of ether oxygens (including phenoxy) is 1. The molecule has 0 saturated heterocycles. The van der Waals surface area contributed by atoms with E-state index in [2.05, 4.69) is 4.98 Å². The van der Waals surface area contributed by atoms with Crippen molar-refractivity contribution in [2.24, 2.45) is 5.73 Å². The van der Waals surface area contributed by atoms with Crippen molar-refractivity contribution in [1.29, 1.82) is 0 Å². The highest BCUT2D eigenvalue weighted by Gasteiger charge is 2.33. The first-order chi connectivity index (χ1) is 16.5. The van der Waals surface area contributed by atoms with Crippen molar-refractivity contribution < 1.29 is 22.7 Å². The molecule has 0 radical (unpaired) electrons. The SMILES string of the molecule is COc1ccc2c(c1)CN(C(=O)c1[nH]c(C(N)=O)c(S(=O)(=O)c3cc(C)cc(C)c3)c1C)CCC2. The maximum absolute atomic E-state index is 13.6. The van der Waals surface area contributed by atoms with E-state index in [4.69, 9.17) is 10.5 Å². The van der Waals surface area contributed by atoms with Crippen LogP contribution in [-0.4, -0.2) is 43.8 Å². The lowest BCUT2D eigenvalue weighted by atomic mass is 10.0. The fraction of sp³-hybridized carbons (Fsp3) is 0.308. The number of sulfone groups is 1. The molecule has 35 heavy (non-hydrogen) atoms. The molecular formula is C26H29N3O5S. The summed E-state index contributed by atoms with van der Waals surface area (Å²) in [5.74, 6) is -0.629. The van der Waals surface area contributed by atoms with E-state index in [0.717, 1.165) is 35.1 Å². The number of carbonyl (C=O) groups is 2. The third-order valence-corrected chi connectivity index (χ3v) is 8.27.